The molecule has 204 valence electrons. The Morgan fingerprint density at radius 3 is 2.38 bits per heavy atom. The molecule has 3 heterocycles. The van der Waals surface area contributed by atoms with Crippen molar-refractivity contribution < 1.29 is 23.8 Å². The summed E-state index contributed by atoms with van der Waals surface area (Å²) in [6.07, 6.45) is 1.05. The van der Waals surface area contributed by atoms with Gasteiger partial charge in [-0.05, 0) is 74.4 Å². The lowest BCUT2D eigenvalue weighted by molar-refractivity contribution is -0.0356. The number of nitrogens with one attached hydrogen (secondary N) is 1. The maximum absolute atomic E-state index is 15.0. The number of hydrogen-bond donors (Lipinski definition) is 3. The number of nitrogens with zero attached hydrogens (tertiary/aromatic N) is 2. The van der Waals surface area contributed by atoms with Gasteiger partial charge in [0.05, 0.1) is 5.60 Å². The summed E-state index contributed by atoms with van der Waals surface area (Å²) < 4.78 is 20.4. The highest BCUT2D eigenvalue weighted by atomic mass is 19.1. The highest BCUT2D eigenvalue weighted by molar-refractivity contribution is 5.97. The number of anilines is 1. The van der Waals surface area contributed by atoms with Crippen molar-refractivity contribution in [1.29, 1.82) is 0 Å². The molecule has 0 radical (unpaired) electrons. The van der Waals surface area contributed by atoms with Gasteiger partial charge in [0.25, 0.3) is 5.91 Å². The van der Waals surface area contributed by atoms with Gasteiger partial charge in [0.1, 0.15) is 11.4 Å². The molecule has 4 N–H and O–H groups in total. The van der Waals surface area contributed by atoms with Gasteiger partial charge >= 0.3 is 6.09 Å². The highest BCUT2D eigenvalue weighted by Crippen LogP contribution is 2.36. The van der Waals surface area contributed by atoms with Crippen molar-refractivity contribution in [1.82, 2.24) is 15.2 Å². The van der Waals surface area contributed by atoms with Gasteiger partial charge in [0.2, 0.25) is 5.95 Å². The first-order chi connectivity index (χ1) is 18.4. The van der Waals surface area contributed by atoms with Gasteiger partial charge in [-0.3, -0.25) is 4.79 Å². The Morgan fingerprint density at radius 1 is 1.05 bits per heavy atom. The number of carbonyl (C=O) groups excluding carboxylic acids is 2. The minimum Gasteiger partial charge on any atom is -0.444 e. The highest BCUT2D eigenvalue weighted by Gasteiger charge is 2.36. The monoisotopic (exact) mass is 532 g/mol. The van der Waals surface area contributed by atoms with Crippen molar-refractivity contribution >= 4 is 17.8 Å². The van der Waals surface area contributed by atoms with Crippen LogP contribution in [0.5, 0.6) is 0 Å². The number of fused-ring (bicyclic) bond motifs is 1. The first kappa shape index (κ1) is 26.6. The number of aliphatic hydroxyl groups is 1. The number of rotatable bonds is 3. The fourth-order valence-electron chi connectivity index (χ4n) is 5.17. The summed E-state index contributed by atoms with van der Waals surface area (Å²) in [7, 11) is 0. The van der Waals surface area contributed by atoms with Crippen molar-refractivity contribution in [2.24, 2.45) is 0 Å². The van der Waals surface area contributed by atoms with Crippen molar-refractivity contribution in [3.8, 4) is 22.3 Å². The number of benzene rings is 2. The molecular weight excluding hydrogens is 499 g/mol. The van der Waals surface area contributed by atoms with E-state index in [1.807, 2.05) is 26.8 Å². The van der Waals surface area contributed by atoms with Gasteiger partial charge in [-0.15, -0.1) is 0 Å². The molecular formula is C30H33FN4O4. The van der Waals surface area contributed by atoms with Gasteiger partial charge in [-0.1, -0.05) is 36.4 Å². The largest absolute Gasteiger partial charge is 0.444 e. The third-order valence-corrected chi connectivity index (χ3v) is 7.32. The lowest BCUT2D eigenvalue weighted by atomic mass is 9.84. The summed E-state index contributed by atoms with van der Waals surface area (Å²) >= 11 is 0. The molecule has 9 heteroatoms. The zero-order chi connectivity index (χ0) is 27.9. The first-order valence-corrected chi connectivity index (χ1v) is 13.1. The van der Waals surface area contributed by atoms with E-state index in [-0.39, 0.29) is 23.4 Å². The zero-order valence-electron chi connectivity index (χ0n) is 22.4. The molecule has 0 atom stereocenters. The van der Waals surface area contributed by atoms with Crippen molar-refractivity contribution in [3.05, 3.63) is 71.2 Å². The second kappa shape index (κ2) is 9.96. The number of likely N-dealkylation sites (tertiary alicyclic amines) is 1. The van der Waals surface area contributed by atoms with E-state index in [1.54, 1.807) is 47.4 Å². The Hall–Kier alpha value is -3.98. The predicted octanol–water partition coefficient (Wildman–Crippen LogP) is 4.64. The molecule has 2 amide bonds. The quantitative estimate of drug-likeness (QED) is 0.423. The molecule has 0 unspecified atom stereocenters. The van der Waals surface area contributed by atoms with Crippen molar-refractivity contribution in [2.45, 2.75) is 51.2 Å². The van der Waals surface area contributed by atoms with Crippen LogP contribution in [0, 0.1) is 5.95 Å². The summed E-state index contributed by atoms with van der Waals surface area (Å²) in [5.41, 5.74) is 8.89. The molecule has 0 spiro atoms. The molecule has 0 aliphatic carbocycles. The van der Waals surface area contributed by atoms with Crippen LogP contribution in [0.1, 0.15) is 55.1 Å². The van der Waals surface area contributed by atoms with Gasteiger partial charge in [0, 0.05) is 36.3 Å². The molecule has 5 rings (SSSR count). The lowest BCUT2D eigenvalue weighted by Crippen LogP contribution is -2.46. The van der Waals surface area contributed by atoms with Crippen LogP contribution in [0.3, 0.4) is 0 Å². The van der Waals surface area contributed by atoms with Crippen LogP contribution in [0.15, 0.2) is 48.5 Å². The molecule has 39 heavy (non-hydrogen) atoms. The summed E-state index contributed by atoms with van der Waals surface area (Å²) in [6.45, 7) is 6.77. The third kappa shape index (κ3) is 5.45. The fraction of sp³-hybridized carbons (Fsp3) is 0.367. The molecule has 2 aromatic carbocycles. The normalized spacial score (nSPS) is 16.8. The smallest absolute Gasteiger partial charge is 0.410 e. The van der Waals surface area contributed by atoms with E-state index in [9.17, 15) is 19.1 Å². The maximum Gasteiger partial charge on any atom is 0.410 e. The van der Waals surface area contributed by atoms with E-state index in [2.05, 4.69) is 10.3 Å². The van der Waals surface area contributed by atoms with E-state index < -0.39 is 17.1 Å². The molecule has 0 bridgehead atoms. The number of pyridine rings is 1. The van der Waals surface area contributed by atoms with Crippen LogP contribution in [-0.4, -0.2) is 52.2 Å². The molecule has 0 saturated carbocycles. The lowest BCUT2D eigenvalue weighted by Gasteiger charge is -2.39. The summed E-state index contributed by atoms with van der Waals surface area (Å²) in [4.78, 5) is 30.1. The van der Waals surface area contributed by atoms with Gasteiger partial charge < -0.3 is 25.8 Å². The molecule has 8 nitrogen and oxygen atoms in total. The van der Waals surface area contributed by atoms with E-state index >= 15 is 0 Å². The molecule has 2 aliphatic heterocycles. The zero-order valence-corrected chi connectivity index (χ0v) is 22.4. The van der Waals surface area contributed by atoms with Crippen LogP contribution < -0.4 is 11.1 Å². The number of piperidine rings is 1. The number of nitrogen functional groups attached to an aromatic ring is 1. The second-order valence-corrected chi connectivity index (χ2v) is 11.2. The van der Waals surface area contributed by atoms with Crippen molar-refractivity contribution in [2.75, 3.05) is 25.4 Å². The minimum atomic E-state index is -1.10. The maximum atomic E-state index is 15.0. The van der Waals surface area contributed by atoms with Gasteiger partial charge in [-0.25, -0.2) is 9.78 Å². The molecule has 2 aliphatic rings. The van der Waals surface area contributed by atoms with Gasteiger partial charge in [0.15, 0.2) is 0 Å². The van der Waals surface area contributed by atoms with Crippen LogP contribution >= 0.6 is 0 Å². The fourth-order valence-corrected chi connectivity index (χ4v) is 5.17. The van der Waals surface area contributed by atoms with Gasteiger partial charge in [-0.2, -0.15) is 4.39 Å². The van der Waals surface area contributed by atoms with E-state index in [0.29, 0.717) is 61.2 Å². The van der Waals surface area contributed by atoms with Crippen LogP contribution in [0.4, 0.5) is 15.0 Å². The SMILES string of the molecule is CC(C)(C)OC(=O)N1CCC(O)(c2ccc(-c3cc(-c4ccc5c(c4)CCNC5=O)c(N)nc3F)cc2)CC1. The molecule has 1 saturated heterocycles. The Balaban J connectivity index is 1.36. The summed E-state index contributed by atoms with van der Waals surface area (Å²) in [5.74, 6) is -0.726. The summed E-state index contributed by atoms with van der Waals surface area (Å²) in [6, 6.07) is 14.2. The molecule has 1 aromatic heterocycles. The number of carbonyl (C=O) groups is 2. The third-order valence-electron chi connectivity index (χ3n) is 7.32. The number of amides is 2. The average molecular weight is 533 g/mol. The Kier molecular flexibility index (Phi) is 6.80. The minimum absolute atomic E-state index is 0.0686. The number of hydrogen-bond acceptors (Lipinski definition) is 6. The summed E-state index contributed by atoms with van der Waals surface area (Å²) in [5, 5.41) is 14.2. The average Bonchev–Trinajstić information content (AvgIpc) is 2.88. The number of halogens is 1. The van der Waals surface area contributed by atoms with Crippen LogP contribution in [0.25, 0.3) is 22.3 Å². The number of aromatic nitrogens is 1. The van der Waals surface area contributed by atoms with Crippen LogP contribution in [-0.2, 0) is 16.8 Å². The standard InChI is InChI=1S/C30H33FN4O4/c1-29(2,3)39-28(37)35-14-11-30(38,12-15-35)21-7-4-18(5-8-21)23-17-24(26(32)34-25(23)31)19-6-9-22-20(16-19)10-13-33-27(22)36/h4-9,16-17,38H,10-15H2,1-3H3,(H2,32,34)(H,33,36). The van der Waals surface area contributed by atoms with E-state index in [0.717, 1.165) is 11.1 Å². The number of nitrogens with two attached hydrogens (primary N) is 1. The number of ether oxygens (including phenoxy) is 1. The van der Waals surface area contributed by atoms with Crippen LogP contribution in [0.2, 0.25) is 0 Å². The Bertz CT molecular complexity index is 1420. The topological polar surface area (TPSA) is 118 Å². The first-order valence-electron chi connectivity index (χ1n) is 13.1. The van der Waals surface area contributed by atoms with E-state index in [1.165, 1.54) is 0 Å². The second-order valence-electron chi connectivity index (χ2n) is 11.2. The van der Waals surface area contributed by atoms with Crippen molar-refractivity contribution in [3.63, 3.8) is 0 Å². The predicted molar refractivity (Wildman–Crippen MR) is 146 cm³/mol. The van der Waals surface area contributed by atoms with E-state index in [4.69, 9.17) is 10.5 Å². The molecule has 3 aromatic rings. The Labute approximate surface area is 227 Å². The Morgan fingerprint density at radius 2 is 1.72 bits per heavy atom. The molecule has 1 fully saturated rings.